The Hall–Kier alpha value is -1.64. The summed E-state index contributed by atoms with van der Waals surface area (Å²) in [5, 5.41) is 17.2. The van der Waals surface area contributed by atoms with Gasteiger partial charge in [0.1, 0.15) is 12.4 Å². The molecule has 0 aliphatic carbocycles. The van der Waals surface area contributed by atoms with E-state index in [-0.39, 0.29) is 5.78 Å². The van der Waals surface area contributed by atoms with E-state index in [0.717, 1.165) is 40.7 Å². The Balaban J connectivity index is 1.85. The van der Waals surface area contributed by atoms with Gasteiger partial charge in [-0.1, -0.05) is 36.4 Å². The molecule has 1 aromatic carbocycles. The second kappa shape index (κ2) is 9.61. The van der Waals surface area contributed by atoms with Crippen LogP contribution < -0.4 is 10.5 Å². The molecule has 2 aromatic rings. The van der Waals surface area contributed by atoms with E-state index in [0.29, 0.717) is 17.3 Å². The van der Waals surface area contributed by atoms with Crippen LogP contribution in [0.3, 0.4) is 0 Å². The SMILES string of the molecule is CCCc1cc(C(=O)CO)ccc1OCCCSc1nnc(N)s1. The van der Waals surface area contributed by atoms with Crippen molar-refractivity contribution in [2.24, 2.45) is 0 Å². The largest absolute Gasteiger partial charge is 0.493 e. The number of hydrogen-bond donors (Lipinski definition) is 2. The molecular formula is C16H21N3O3S2. The minimum atomic E-state index is -0.473. The molecule has 8 heteroatoms. The Morgan fingerprint density at radius 3 is 2.92 bits per heavy atom. The third kappa shape index (κ3) is 5.47. The first-order valence-corrected chi connectivity index (χ1v) is 9.55. The molecule has 0 fully saturated rings. The summed E-state index contributed by atoms with van der Waals surface area (Å²) < 4.78 is 6.72. The molecule has 1 aromatic heterocycles. The summed E-state index contributed by atoms with van der Waals surface area (Å²) in [4.78, 5) is 11.6. The number of aromatic nitrogens is 2. The van der Waals surface area contributed by atoms with Crippen molar-refractivity contribution in [2.75, 3.05) is 24.7 Å². The minimum Gasteiger partial charge on any atom is -0.493 e. The van der Waals surface area contributed by atoms with Crippen LogP contribution in [0.2, 0.25) is 0 Å². The van der Waals surface area contributed by atoms with Gasteiger partial charge in [-0.3, -0.25) is 4.79 Å². The van der Waals surface area contributed by atoms with Crippen LogP contribution in [0.5, 0.6) is 5.75 Å². The fraction of sp³-hybridized carbons (Fsp3) is 0.438. The van der Waals surface area contributed by atoms with Crippen molar-refractivity contribution in [3.8, 4) is 5.75 Å². The molecule has 0 amide bonds. The van der Waals surface area contributed by atoms with Gasteiger partial charge in [0.25, 0.3) is 0 Å². The van der Waals surface area contributed by atoms with Crippen molar-refractivity contribution in [3.05, 3.63) is 29.3 Å². The predicted octanol–water partition coefficient (Wildman–Crippen LogP) is 2.81. The number of aliphatic hydroxyl groups excluding tert-OH is 1. The first-order valence-electron chi connectivity index (χ1n) is 7.75. The fourth-order valence-electron chi connectivity index (χ4n) is 2.13. The molecule has 0 aliphatic rings. The zero-order chi connectivity index (χ0) is 17.4. The molecule has 3 N–H and O–H groups in total. The Labute approximate surface area is 149 Å². The highest BCUT2D eigenvalue weighted by atomic mass is 32.2. The predicted molar refractivity (Wildman–Crippen MR) is 97.0 cm³/mol. The smallest absolute Gasteiger partial charge is 0.203 e. The molecule has 1 heterocycles. The molecule has 24 heavy (non-hydrogen) atoms. The van der Waals surface area contributed by atoms with Crippen LogP contribution in [0.4, 0.5) is 5.13 Å². The van der Waals surface area contributed by atoms with E-state index in [1.165, 1.54) is 11.3 Å². The van der Waals surface area contributed by atoms with Crippen LogP contribution in [-0.2, 0) is 6.42 Å². The van der Waals surface area contributed by atoms with Crippen molar-refractivity contribution in [1.82, 2.24) is 10.2 Å². The summed E-state index contributed by atoms with van der Waals surface area (Å²) in [6.45, 7) is 2.19. The summed E-state index contributed by atoms with van der Waals surface area (Å²) in [7, 11) is 0. The number of nitrogen functional groups attached to an aromatic ring is 1. The van der Waals surface area contributed by atoms with E-state index in [2.05, 4.69) is 17.1 Å². The van der Waals surface area contributed by atoms with Crippen LogP contribution >= 0.6 is 23.1 Å². The topological polar surface area (TPSA) is 98.3 Å². The van der Waals surface area contributed by atoms with Gasteiger partial charge in [-0.2, -0.15) is 0 Å². The van der Waals surface area contributed by atoms with Crippen molar-refractivity contribution in [3.63, 3.8) is 0 Å². The van der Waals surface area contributed by atoms with Crippen LogP contribution in [0.15, 0.2) is 22.5 Å². The maximum Gasteiger partial charge on any atom is 0.203 e. The first kappa shape index (κ1) is 18.7. The second-order valence-electron chi connectivity index (χ2n) is 5.11. The highest BCUT2D eigenvalue weighted by Crippen LogP contribution is 2.25. The van der Waals surface area contributed by atoms with Gasteiger partial charge in [0.15, 0.2) is 10.1 Å². The van der Waals surface area contributed by atoms with E-state index >= 15 is 0 Å². The number of Topliss-reactive ketones (excluding diaryl/α,β-unsaturated/α-hetero) is 1. The molecule has 0 saturated carbocycles. The molecule has 0 aliphatic heterocycles. The average Bonchev–Trinajstić information content (AvgIpc) is 3.00. The van der Waals surface area contributed by atoms with Crippen LogP contribution in [-0.4, -0.2) is 40.1 Å². The number of hydrogen-bond acceptors (Lipinski definition) is 8. The molecule has 0 saturated heterocycles. The Morgan fingerprint density at radius 1 is 1.42 bits per heavy atom. The van der Waals surface area contributed by atoms with Gasteiger partial charge in [0, 0.05) is 11.3 Å². The molecule has 0 radical (unpaired) electrons. The zero-order valence-electron chi connectivity index (χ0n) is 13.5. The number of nitrogens with two attached hydrogens (primary N) is 1. The average molecular weight is 367 g/mol. The van der Waals surface area contributed by atoms with E-state index in [9.17, 15) is 4.79 Å². The maximum absolute atomic E-state index is 11.6. The molecule has 130 valence electrons. The highest BCUT2D eigenvalue weighted by molar-refractivity contribution is 8.01. The monoisotopic (exact) mass is 367 g/mol. The third-order valence-electron chi connectivity index (χ3n) is 3.24. The van der Waals surface area contributed by atoms with Crippen LogP contribution in [0, 0.1) is 0 Å². The number of ether oxygens (including phenoxy) is 1. The number of benzene rings is 1. The summed E-state index contributed by atoms with van der Waals surface area (Å²) in [5.74, 6) is 1.40. The number of aryl methyl sites for hydroxylation is 1. The van der Waals surface area contributed by atoms with Crippen LogP contribution in [0.25, 0.3) is 0 Å². The first-order chi connectivity index (χ1) is 11.6. The Bertz CT molecular complexity index is 676. The molecule has 0 bridgehead atoms. The van der Waals surface area contributed by atoms with Crippen molar-refractivity contribution >= 4 is 34.0 Å². The van der Waals surface area contributed by atoms with Crippen molar-refractivity contribution in [1.29, 1.82) is 0 Å². The minimum absolute atomic E-state index is 0.272. The number of aliphatic hydroxyl groups is 1. The van der Waals surface area contributed by atoms with Gasteiger partial charge >= 0.3 is 0 Å². The molecule has 6 nitrogen and oxygen atoms in total. The lowest BCUT2D eigenvalue weighted by atomic mass is 10.0. The second-order valence-corrected chi connectivity index (χ2v) is 7.46. The van der Waals surface area contributed by atoms with E-state index in [4.69, 9.17) is 15.6 Å². The number of ketones is 1. The lowest BCUT2D eigenvalue weighted by Crippen LogP contribution is -2.07. The Morgan fingerprint density at radius 2 is 2.25 bits per heavy atom. The molecule has 0 unspecified atom stereocenters. The number of nitrogens with zero attached hydrogens (tertiary/aromatic N) is 2. The number of carbonyl (C=O) groups excluding carboxylic acids is 1. The van der Waals surface area contributed by atoms with Gasteiger partial charge in [0.2, 0.25) is 5.13 Å². The van der Waals surface area contributed by atoms with Gasteiger partial charge in [-0.25, -0.2) is 0 Å². The molecule has 2 rings (SSSR count). The van der Waals surface area contributed by atoms with E-state index < -0.39 is 6.61 Å². The van der Waals surface area contributed by atoms with Crippen molar-refractivity contribution in [2.45, 2.75) is 30.5 Å². The summed E-state index contributed by atoms with van der Waals surface area (Å²) in [6.07, 6.45) is 2.66. The number of rotatable bonds is 10. The van der Waals surface area contributed by atoms with Gasteiger partial charge < -0.3 is 15.6 Å². The number of anilines is 1. The third-order valence-corrected chi connectivity index (χ3v) is 5.21. The molecular weight excluding hydrogens is 346 g/mol. The maximum atomic E-state index is 11.6. The molecule has 0 spiro atoms. The highest BCUT2D eigenvalue weighted by Gasteiger charge is 2.10. The summed E-state index contributed by atoms with van der Waals surface area (Å²) in [6, 6.07) is 5.33. The van der Waals surface area contributed by atoms with Gasteiger partial charge in [-0.15, -0.1) is 10.2 Å². The quantitative estimate of drug-likeness (QED) is 0.378. The standard InChI is InChI=1S/C16H21N3O3S2/c1-2-4-12-9-11(13(21)10-20)5-6-14(12)22-7-3-8-23-16-19-18-15(17)24-16/h5-6,9,20H,2-4,7-8,10H2,1H3,(H2,17,18). The molecule has 0 atom stereocenters. The van der Waals surface area contributed by atoms with Crippen LogP contribution in [0.1, 0.15) is 35.7 Å². The van der Waals surface area contributed by atoms with Gasteiger partial charge in [-0.05, 0) is 36.6 Å². The van der Waals surface area contributed by atoms with Crippen molar-refractivity contribution < 1.29 is 14.6 Å². The van der Waals surface area contributed by atoms with Gasteiger partial charge in [0.05, 0.1) is 6.61 Å². The Kier molecular flexibility index (Phi) is 7.48. The van der Waals surface area contributed by atoms with E-state index in [1.54, 1.807) is 17.8 Å². The lowest BCUT2D eigenvalue weighted by Gasteiger charge is -2.12. The normalized spacial score (nSPS) is 10.8. The fourth-order valence-corrected chi connectivity index (χ4v) is 3.75. The lowest BCUT2D eigenvalue weighted by molar-refractivity contribution is 0.0903. The number of thioether (sulfide) groups is 1. The zero-order valence-corrected chi connectivity index (χ0v) is 15.2. The summed E-state index contributed by atoms with van der Waals surface area (Å²) in [5.41, 5.74) is 7.07. The van der Waals surface area contributed by atoms with E-state index in [1.807, 2.05) is 12.1 Å². The summed E-state index contributed by atoms with van der Waals surface area (Å²) >= 11 is 3.00. The number of carbonyl (C=O) groups is 1.